The van der Waals surface area contributed by atoms with Gasteiger partial charge in [0.25, 0.3) is 5.91 Å². The van der Waals surface area contributed by atoms with Gasteiger partial charge >= 0.3 is 0 Å². The molecule has 2 heterocycles. The lowest BCUT2D eigenvalue weighted by atomic mass is 10.2. The van der Waals surface area contributed by atoms with Crippen molar-refractivity contribution in [1.29, 1.82) is 0 Å². The number of carbonyl (C=O) groups excluding carboxylic acids is 2. The quantitative estimate of drug-likeness (QED) is 0.790. The molecule has 5 nitrogen and oxygen atoms in total. The van der Waals surface area contributed by atoms with E-state index >= 15 is 0 Å². The minimum atomic E-state index is -0.360. The number of halogens is 2. The second-order valence-electron chi connectivity index (χ2n) is 3.67. The van der Waals surface area contributed by atoms with E-state index in [-0.39, 0.29) is 40.0 Å². The number of hydrogen-bond donors (Lipinski definition) is 2. The molecule has 0 aromatic carbocycles. The summed E-state index contributed by atoms with van der Waals surface area (Å²) in [5.41, 5.74) is 0.256. The third kappa shape index (κ3) is 2.87. The summed E-state index contributed by atoms with van der Waals surface area (Å²) >= 11 is 11.5. The minimum absolute atomic E-state index is 0.0749. The molecular weight excluding hydrogens is 265 g/mol. The highest BCUT2D eigenvalue weighted by molar-refractivity contribution is 6.35. The van der Waals surface area contributed by atoms with E-state index in [1.165, 1.54) is 12.3 Å². The predicted molar refractivity (Wildman–Crippen MR) is 63.1 cm³/mol. The molecular formula is C10H9Cl2N3O2. The summed E-state index contributed by atoms with van der Waals surface area (Å²) in [6.07, 6.45) is 1.60. The van der Waals surface area contributed by atoms with Crippen LogP contribution in [0.25, 0.3) is 0 Å². The molecule has 1 fully saturated rings. The lowest BCUT2D eigenvalue weighted by Gasteiger charge is -2.11. The number of carbonyl (C=O) groups is 2. The summed E-state index contributed by atoms with van der Waals surface area (Å²) in [7, 11) is 0. The zero-order chi connectivity index (χ0) is 12.4. The van der Waals surface area contributed by atoms with Crippen molar-refractivity contribution in [2.24, 2.45) is 0 Å². The molecule has 17 heavy (non-hydrogen) atoms. The molecule has 0 radical (unpaired) electrons. The third-order valence-electron chi connectivity index (χ3n) is 2.38. The molecule has 0 spiro atoms. The standard InChI is InChI=1S/C10H9Cl2N3O2/c11-7-4-13-8(12)2-6(7)10(17)15-5-1-9(16)14-3-5/h2,4-5H,1,3H2,(H,14,16)(H,15,17). The largest absolute Gasteiger partial charge is 0.354 e. The van der Waals surface area contributed by atoms with Gasteiger partial charge in [0.1, 0.15) is 5.15 Å². The Labute approximate surface area is 107 Å². The Hall–Kier alpha value is -1.33. The average Bonchev–Trinajstić information content (AvgIpc) is 2.67. The average molecular weight is 274 g/mol. The molecule has 0 aliphatic carbocycles. The van der Waals surface area contributed by atoms with Gasteiger partial charge in [-0.25, -0.2) is 4.98 Å². The predicted octanol–water partition coefficient (Wildman–Crippen LogP) is 1.01. The van der Waals surface area contributed by atoms with Crippen molar-refractivity contribution in [2.75, 3.05) is 6.54 Å². The first kappa shape index (κ1) is 12.1. The molecule has 1 saturated heterocycles. The fraction of sp³-hybridized carbons (Fsp3) is 0.300. The van der Waals surface area contributed by atoms with E-state index in [9.17, 15) is 9.59 Å². The Kier molecular flexibility index (Phi) is 3.49. The van der Waals surface area contributed by atoms with Gasteiger partial charge in [0.15, 0.2) is 0 Å². The zero-order valence-electron chi connectivity index (χ0n) is 8.67. The molecule has 2 rings (SSSR count). The van der Waals surface area contributed by atoms with E-state index in [1.54, 1.807) is 0 Å². The van der Waals surface area contributed by atoms with Crippen molar-refractivity contribution in [1.82, 2.24) is 15.6 Å². The maximum atomic E-state index is 11.9. The Morgan fingerprint density at radius 3 is 2.94 bits per heavy atom. The van der Waals surface area contributed by atoms with Crippen molar-refractivity contribution < 1.29 is 9.59 Å². The van der Waals surface area contributed by atoms with Gasteiger partial charge in [-0.1, -0.05) is 23.2 Å². The van der Waals surface area contributed by atoms with Gasteiger partial charge < -0.3 is 10.6 Å². The summed E-state index contributed by atoms with van der Waals surface area (Å²) < 4.78 is 0. The number of amides is 2. The maximum absolute atomic E-state index is 11.9. The van der Waals surface area contributed by atoms with E-state index in [0.717, 1.165) is 0 Å². The number of nitrogens with zero attached hydrogens (tertiary/aromatic N) is 1. The lowest BCUT2D eigenvalue weighted by molar-refractivity contribution is -0.119. The van der Waals surface area contributed by atoms with Crippen LogP contribution in [-0.2, 0) is 4.79 Å². The van der Waals surface area contributed by atoms with Gasteiger partial charge in [-0.3, -0.25) is 9.59 Å². The molecule has 2 amide bonds. The van der Waals surface area contributed by atoms with Gasteiger partial charge in [0.2, 0.25) is 5.91 Å². The molecule has 0 saturated carbocycles. The van der Waals surface area contributed by atoms with E-state index in [2.05, 4.69) is 15.6 Å². The van der Waals surface area contributed by atoms with Crippen LogP contribution in [0, 0.1) is 0 Å². The van der Waals surface area contributed by atoms with Crippen molar-refractivity contribution in [3.63, 3.8) is 0 Å². The highest BCUT2D eigenvalue weighted by atomic mass is 35.5. The van der Waals surface area contributed by atoms with E-state index < -0.39 is 0 Å². The van der Waals surface area contributed by atoms with Gasteiger partial charge in [0, 0.05) is 19.2 Å². The topological polar surface area (TPSA) is 71.1 Å². The number of hydrogen-bond acceptors (Lipinski definition) is 3. The highest BCUT2D eigenvalue weighted by Gasteiger charge is 2.24. The molecule has 1 atom stereocenters. The summed E-state index contributed by atoms with van der Waals surface area (Å²) in [6.45, 7) is 0.432. The fourth-order valence-corrected chi connectivity index (χ4v) is 1.90. The second kappa shape index (κ2) is 4.89. The van der Waals surface area contributed by atoms with E-state index in [4.69, 9.17) is 23.2 Å². The van der Waals surface area contributed by atoms with Crippen LogP contribution < -0.4 is 10.6 Å². The lowest BCUT2D eigenvalue weighted by Crippen LogP contribution is -2.36. The smallest absolute Gasteiger partial charge is 0.253 e. The third-order valence-corrected chi connectivity index (χ3v) is 2.89. The number of pyridine rings is 1. The van der Waals surface area contributed by atoms with Crippen LogP contribution in [0.4, 0.5) is 0 Å². The zero-order valence-corrected chi connectivity index (χ0v) is 10.2. The highest BCUT2D eigenvalue weighted by Crippen LogP contribution is 2.18. The number of nitrogens with one attached hydrogen (secondary N) is 2. The van der Waals surface area contributed by atoms with Gasteiger partial charge in [-0.05, 0) is 6.07 Å². The molecule has 1 aliphatic rings. The molecule has 1 aromatic rings. The molecule has 90 valence electrons. The van der Waals surface area contributed by atoms with E-state index in [1.807, 2.05) is 0 Å². The first-order chi connectivity index (χ1) is 8.06. The Morgan fingerprint density at radius 1 is 1.53 bits per heavy atom. The van der Waals surface area contributed by atoms with Crippen LogP contribution in [0.15, 0.2) is 12.3 Å². The fourth-order valence-electron chi connectivity index (χ4n) is 1.56. The van der Waals surface area contributed by atoms with Crippen molar-refractivity contribution in [2.45, 2.75) is 12.5 Å². The summed E-state index contributed by atoms with van der Waals surface area (Å²) in [5.74, 6) is -0.435. The number of aromatic nitrogens is 1. The molecule has 1 unspecified atom stereocenters. The Morgan fingerprint density at radius 2 is 2.29 bits per heavy atom. The summed E-state index contributed by atoms with van der Waals surface area (Å²) in [6, 6.07) is 1.18. The monoisotopic (exact) mass is 273 g/mol. The van der Waals surface area contributed by atoms with Crippen LogP contribution in [0.5, 0.6) is 0 Å². The van der Waals surface area contributed by atoms with Crippen LogP contribution >= 0.6 is 23.2 Å². The maximum Gasteiger partial charge on any atom is 0.253 e. The minimum Gasteiger partial charge on any atom is -0.354 e. The SMILES string of the molecule is O=C1CC(NC(=O)c2cc(Cl)ncc2Cl)CN1. The summed E-state index contributed by atoms with van der Waals surface area (Å²) in [5, 5.41) is 5.75. The molecule has 2 N–H and O–H groups in total. The molecule has 0 bridgehead atoms. The first-order valence-corrected chi connectivity index (χ1v) is 5.70. The molecule has 1 aromatic heterocycles. The van der Waals surface area contributed by atoms with Crippen molar-refractivity contribution in [3.8, 4) is 0 Å². The van der Waals surface area contributed by atoms with Crippen molar-refractivity contribution >= 4 is 35.0 Å². The normalized spacial score (nSPS) is 18.9. The Bertz CT molecular complexity index is 479. The summed E-state index contributed by atoms with van der Waals surface area (Å²) in [4.78, 5) is 26.6. The molecule has 7 heteroatoms. The Balaban J connectivity index is 2.09. The first-order valence-electron chi connectivity index (χ1n) is 4.95. The van der Waals surface area contributed by atoms with Gasteiger partial charge in [-0.2, -0.15) is 0 Å². The van der Waals surface area contributed by atoms with Crippen LogP contribution in [0.1, 0.15) is 16.8 Å². The van der Waals surface area contributed by atoms with E-state index in [0.29, 0.717) is 6.54 Å². The van der Waals surface area contributed by atoms with Gasteiger partial charge in [0.05, 0.1) is 16.6 Å². The van der Waals surface area contributed by atoms with Gasteiger partial charge in [-0.15, -0.1) is 0 Å². The van der Waals surface area contributed by atoms with Crippen LogP contribution in [0.3, 0.4) is 0 Å². The van der Waals surface area contributed by atoms with Crippen molar-refractivity contribution in [3.05, 3.63) is 28.0 Å². The second-order valence-corrected chi connectivity index (χ2v) is 4.46. The number of rotatable bonds is 2. The van der Waals surface area contributed by atoms with Crippen LogP contribution in [-0.4, -0.2) is 29.4 Å². The molecule has 1 aliphatic heterocycles. The van der Waals surface area contributed by atoms with Crippen LogP contribution in [0.2, 0.25) is 10.2 Å².